The van der Waals surface area contributed by atoms with Gasteiger partial charge in [0.1, 0.15) is 5.75 Å². The van der Waals surface area contributed by atoms with Crippen LogP contribution < -0.4 is 15.6 Å². The number of carbonyl (C=O) groups is 1. The van der Waals surface area contributed by atoms with Crippen LogP contribution in [0.25, 0.3) is 10.9 Å². The number of hydrogen-bond acceptors (Lipinski definition) is 4. The number of anilines is 1. The van der Waals surface area contributed by atoms with Crippen molar-refractivity contribution in [1.82, 2.24) is 14.9 Å². The number of benzene rings is 2. The molecule has 0 aliphatic carbocycles. The number of carbonyl (C=O) groups excluding carboxylic acids is 1. The summed E-state index contributed by atoms with van der Waals surface area (Å²) < 4.78 is 5.22. The maximum Gasteiger partial charge on any atom is 0.322 e. The van der Waals surface area contributed by atoms with Crippen LogP contribution in [0.4, 0.5) is 10.5 Å². The second-order valence-corrected chi connectivity index (χ2v) is 7.61. The predicted octanol–water partition coefficient (Wildman–Crippen LogP) is 4.82. The highest BCUT2D eigenvalue weighted by Crippen LogP contribution is 2.22. The van der Waals surface area contributed by atoms with Crippen molar-refractivity contribution in [2.45, 2.75) is 13.1 Å². The Labute approximate surface area is 189 Å². The van der Waals surface area contributed by atoms with Gasteiger partial charge in [-0.1, -0.05) is 29.8 Å². The topological polar surface area (TPSA) is 87.3 Å². The summed E-state index contributed by atoms with van der Waals surface area (Å²) in [6.45, 7) is 0.368. The fraction of sp³-hybridized carbons (Fsp3) is 0.125. The minimum atomic E-state index is -0.379. The molecule has 2 heterocycles. The first-order valence-corrected chi connectivity index (χ1v) is 10.3. The van der Waals surface area contributed by atoms with E-state index in [0.717, 1.165) is 10.9 Å². The summed E-state index contributed by atoms with van der Waals surface area (Å²) in [6.07, 6.45) is 3.35. The van der Waals surface area contributed by atoms with Crippen LogP contribution >= 0.6 is 11.6 Å². The first-order chi connectivity index (χ1) is 15.5. The van der Waals surface area contributed by atoms with Crippen molar-refractivity contribution in [2.24, 2.45) is 0 Å². The molecule has 2 N–H and O–H groups in total. The summed E-state index contributed by atoms with van der Waals surface area (Å²) in [7, 11) is 1.57. The van der Waals surface area contributed by atoms with E-state index in [-0.39, 0.29) is 24.7 Å². The van der Waals surface area contributed by atoms with Crippen molar-refractivity contribution >= 4 is 34.2 Å². The van der Waals surface area contributed by atoms with E-state index < -0.39 is 0 Å². The lowest BCUT2D eigenvalue weighted by atomic mass is 10.1. The third-order valence-corrected chi connectivity index (χ3v) is 5.32. The number of rotatable bonds is 6. The number of methoxy groups -OCH3 is 1. The standard InChI is InChI=1S/C24H21ClN4O3/c1-32-19-9-8-17-11-18(23(30)27-22(17)12-19)15-29(14-16-5-4-10-26-13-16)24(31)28-21-7-3-2-6-20(21)25/h2-13H,14-15H2,1H3,(H,27,30)(H,28,31). The van der Waals surface area contributed by atoms with Crippen LogP contribution in [0.1, 0.15) is 11.1 Å². The van der Waals surface area contributed by atoms with Gasteiger partial charge in [0.2, 0.25) is 0 Å². The van der Waals surface area contributed by atoms with E-state index in [0.29, 0.717) is 27.5 Å². The van der Waals surface area contributed by atoms with Crippen molar-refractivity contribution in [3.63, 3.8) is 0 Å². The zero-order chi connectivity index (χ0) is 22.5. The molecule has 4 rings (SSSR count). The van der Waals surface area contributed by atoms with Crippen LogP contribution in [-0.2, 0) is 13.1 Å². The Morgan fingerprint density at radius 2 is 1.97 bits per heavy atom. The quantitative estimate of drug-likeness (QED) is 0.442. The van der Waals surface area contributed by atoms with Crippen LogP contribution in [0.15, 0.2) is 77.9 Å². The lowest BCUT2D eigenvalue weighted by Crippen LogP contribution is -2.35. The minimum absolute atomic E-state index is 0.0997. The lowest BCUT2D eigenvalue weighted by Gasteiger charge is -2.23. The number of aromatic amines is 1. The molecule has 7 nitrogen and oxygen atoms in total. The van der Waals surface area contributed by atoms with Crippen molar-refractivity contribution < 1.29 is 9.53 Å². The van der Waals surface area contributed by atoms with Crippen molar-refractivity contribution in [2.75, 3.05) is 12.4 Å². The average Bonchev–Trinajstić information content (AvgIpc) is 2.81. The highest BCUT2D eigenvalue weighted by atomic mass is 35.5. The Bertz CT molecular complexity index is 1310. The molecule has 4 aromatic rings. The number of H-pyrrole nitrogens is 1. The molecule has 0 aliphatic rings. The first-order valence-electron chi connectivity index (χ1n) is 9.93. The van der Waals surface area contributed by atoms with Gasteiger partial charge in [0, 0.05) is 30.6 Å². The number of aromatic nitrogens is 2. The number of ether oxygens (including phenoxy) is 1. The zero-order valence-electron chi connectivity index (χ0n) is 17.3. The molecule has 0 radical (unpaired) electrons. The van der Waals surface area contributed by atoms with Gasteiger partial charge in [-0.3, -0.25) is 9.78 Å². The van der Waals surface area contributed by atoms with E-state index in [1.165, 1.54) is 0 Å². The highest BCUT2D eigenvalue weighted by Gasteiger charge is 2.18. The number of nitrogens with one attached hydrogen (secondary N) is 2. The summed E-state index contributed by atoms with van der Waals surface area (Å²) >= 11 is 6.20. The van der Waals surface area contributed by atoms with Gasteiger partial charge in [-0.2, -0.15) is 0 Å². The largest absolute Gasteiger partial charge is 0.497 e. The van der Waals surface area contributed by atoms with Gasteiger partial charge in [0.15, 0.2) is 0 Å². The molecular weight excluding hydrogens is 428 g/mol. The van der Waals surface area contributed by atoms with Crippen LogP contribution in [0.3, 0.4) is 0 Å². The Morgan fingerprint density at radius 1 is 1.12 bits per heavy atom. The van der Waals surface area contributed by atoms with Crippen LogP contribution in [-0.4, -0.2) is 28.0 Å². The Morgan fingerprint density at radius 3 is 2.72 bits per heavy atom. The SMILES string of the molecule is COc1ccc2cc(CN(Cc3cccnc3)C(=O)Nc3ccccc3Cl)c(=O)[nH]c2c1. The zero-order valence-corrected chi connectivity index (χ0v) is 18.1. The lowest BCUT2D eigenvalue weighted by molar-refractivity contribution is 0.206. The second-order valence-electron chi connectivity index (χ2n) is 7.20. The van der Waals surface area contributed by atoms with E-state index in [4.69, 9.17) is 16.3 Å². The van der Waals surface area contributed by atoms with Crippen molar-refractivity contribution in [3.8, 4) is 5.75 Å². The van der Waals surface area contributed by atoms with E-state index in [9.17, 15) is 9.59 Å². The Balaban J connectivity index is 1.65. The fourth-order valence-corrected chi connectivity index (χ4v) is 3.53. The van der Waals surface area contributed by atoms with Gasteiger partial charge in [-0.05, 0) is 47.3 Å². The fourth-order valence-electron chi connectivity index (χ4n) is 3.34. The molecule has 32 heavy (non-hydrogen) atoms. The molecule has 2 amide bonds. The summed E-state index contributed by atoms with van der Waals surface area (Å²) in [5.74, 6) is 0.651. The van der Waals surface area contributed by atoms with E-state index in [1.807, 2.05) is 18.2 Å². The summed E-state index contributed by atoms with van der Waals surface area (Å²) in [5, 5.41) is 4.10. The van der Waals surface area contributed by atoms with Crippen molar-refractivity contribution in [1.29, 1.82) is 0 Å². The average molecular weight is 449 g/mol. The van der Waals surface area contributed by atoms with Gasteiger partial charge in [-0.15, -0.1) is 0 Å². The molecule has 0 aliphatic heterocycles. The normalized spacial score (nSPS) is 10.7. The molecule has 0 spiro atoms. The number of urea groups is 1. The number of amides is 2. The third kappa shape index (κ3) is 4.90. The van der Waals surface area contributed by atoms with Crippen LogP contribution in [0, 0.1) is 0 Å². The summed E-state index contributed by atoms with van der Waals surface area (Å²) in [6, 6.07) is 17.5. The molecule has 2 aromatic heterocycles. The number of halogens is 1. The molecule has 0 bridgehead atoms. The third-order valence-electron chi connectivity index (χ3n) is 4.99. The molecule has 0 saturated heterocycles. The van der Waals surface area contributed by atoms with Crippen molar-refractivity contribution in [3.05, 3.63) is 99.6 Å². The first kappa shape index (κ1) is 21.4. The molecule has 0 saturated carbocycles. The number of fused-ring (bicyclic) bond motifs is 1. The van der Waals surface area contributed by atoms with Gasteiger partial charge < -0.3 is 19.9 Å². The highest BCUT2D eigenvalue weighted by molar-refractivity contribution is 6.33. The second kappa shape index (κ2) is 9.53. The van der Waals surface area contributed by atoms with Gasteiger partial charge in [0.05, 0.1) is 29.9 Å². The van der Waals surface area contributed by atoms with Crippen LogP contribution in [0.5, 0.6) is 5.75 Å². The van der Waals surface area contributed by atoms with E-state index in [2.05, 4.69) is 15.3 Å². The number of para-hydroxylation sites is 1. The molecule has 0 unspecified atom stereocenters. The monoisotopic (exact) mass is 448 g/mol. The van der Waals surface area contributed by atoms with Gasteiger partial charge in [0.25, 0.3) is 5.56 Å². The molecule has 0 fully saturated rings. The summed E-state index contributed by atoms with van der Waals surface area (Å²) in [5.41, 5.74) is 2.18. The van der Waals surface area contributed by atoms with E-state index in [1.54, 1.807) is 66.9 Å². The molecule has 8 heteroatoms. The predicted molar refractivity (Wildman–Crippen MR) is 125 cm³/mol. The Hall–Kier alpha value is -3.84. The maximum absolute atomic E-state index is 13.1. The number of nitrogens with zero attached hydrogens (tertiary/aromatic N) is 2. The maximum atomic E-state index is 13.1. The Kier molecular flexibility index (Phi) is 6.37. The van der Waals surface area contributed by atoms with E-state index >= 15 is 0 Å². The summed E-state index contributed by atoms with van der Waals surface area (Å²) in [4.78, 5) is 34.4. The molecule has 0 atom stereocenters. The van der Waals surface area contributed by atoms with Gasteiger partial charge >= 0.3 is 6.03 Å². The smallest absolute Gasteiger partial charge is 0.322 e. The van der Waals surface area contributed by atoms with Crippen LogP contribution in [0.2, 0.25) is 5.02 Å². The molecule has 2 aromatic carbocycles. The molecular formula is C24H21ClN4O3. The number of pyridine rings is 2. The van der Waals surface area contributed by atoms with Gasteiger partial charge in [-0.25, -0.2) is 4.79 Å². The molecule has 162 valence electrons. The number of hydrogen-bond donors (Lipinski definition) is 2. The minimum Gasteiger partial charge on any atom is -0.497 e.